The van der Waals surface area contributed by atoms with Gasteiger partial charge in [-0.2, -0.15) is 0 Å². The number of hydrogen-bond donors (Lipinski definition) is 1. The van der Waals surface area contributed by atoms with Crippen molar-refractivity contribution in [2.75, 3.05) is 25.8 Å². The number of nitrogens with one attached hydrogen (secondary N) is 1. The van der Waals surface area contributed by atoms with Crippen LogP contribution >= 0.6 is 11.3 Å². The van der Waals surface area contributed by atoms with Crippen LogP contribution in [0.3, 0.4) is 0 Å². The van der Waals surface area contributed by atoms with Crippen LogP contribution in [0.2, 0.25) is 0 Å². The predicted octanol–water partition coefficient (Wildman–Crippen LogP) is 5.31. The zero-order valence-electron chi connectivity index (χ0n) is 20.0. The standard InChI is InChI=1S/C26H21N3O6S2/c1-33-22-13-18-20(14-23(22)34-2)27-10-9-21(18)35-16-7-8-19-24(12-16)36-26(28-19)29-25(30)15-5-4-6-17(11-15)37(3,31)32/h4-14H,1-3H3,(H,28,29,30). The number of carbonyl (C=O) groups is 1. The van der Waals surface area contributed by atoms with Gasteiger partial charge in [-0.05, 0) is 42.5 Å². The zero-order chi connectivity index (χ0) is 26.2. The molecule has 0 radical (unpaired) electrons. The number of carbonyl (C=O) groups excluding carboxylic acids is 1. The van der Waals surface area contributed by atoms with Crippen LogP contribution < -0.4 is 19.5 Å². The number of benzene rings is 3. The number of nitrogens with zero attached hydrogens (tertiary/aromatic N) is 2. The number of amides is 1. The van der Waals surface area contributed by atoms with Gasteiger partial charge in [0, 0.05) is 35.5 Å². The predicted molar refractivity (Wildman–Crippen MR) is 142 cm³/mol. The Kier molecular flexibility index (Phi) is 6.40. The van der Waals surface area contributed by atoms with Crippen LogP contribution in [-0.2, 0) is 9.84 Å². The first-order valence-corrected chi connectivity index (χ1v) is 13.7. The fourth-order valence-electron chi connectivity index (χ4n) is 3.72. The van der Waals surface area contributed by atoms with Crippen molar-refractivity contribution in [1.82, 2.24) is 9.97 Å². The second-order valence-corrected chi connectivity index (χ2v) is 11.1. The van der Waals surface area contributed by atoms with E-state index < -0.39 is 15.7 Å². The number of thiazole rings is 1. The zero-order valence-corrected chi connectivity index (χ0v) is 21.6. The minimum Gasteiger partial charge on any atom is -0.493 e. The highest BCUT2D eigenvalue weighted by molar-refractivity contribution is 7.90. The van der Waals surface area contributed by atoms with E-state index in [9.17, 15) is 13.2 Å². The maximum Gasteiger partial charge on any atom is 0.257 e. The van der Waals surface area contributed by atoms with Gasteiger partial charge in [-0.1, -0.05) is 17.4 Å². The van der Waals surface area contributed by atoms with E-state index in [0.717, 1.165) is 16.3 Å². The van der Waals surface area contributed by atoms with Gasteiger partial charge in [0.15, 0.2) is 26.5 Å². The SMILES string of the molecule is COc1cc2nccc(Oc3ccc4nc(NC(=O)c5cccc(S(C)(=O)=O)c5)sc4c3)c2cc1OC. The Morgan fingerprint density at radius 2 is 1.70 bits per heavy atom. The quantitative estimate of drug-likeness (QED) is 0.298. The molecule has 5 aromatic rings. The minimum absolute atomic E-state index is 0.0749. The smallest absolute Gasteiger partial charge is 0.257 e. The summed E-state index contributed by atoms with van der Waals surface area (Å²) >= 11 is 1.28. The summed E-state index contributed by atoms with van der Waals surface area (Å²) in [6.07, 6.45) is 2.75. The molecule has 188 valence electrons. The summed E-state index contributed by atoms with van der Waals surface area (Å²) < 4.78 is 41.4. The summed E-state index contributed by atoms with van der Waals surface area (Å²) in [7, 11) is -0.295. The van der Waals surface area contributed by atoms with Crippen molar-refractivity contribution in [3.05, 3.63) is 72.4 Å². The molecule has 1 amide bonds. The summed E-state index contributed by atoms with van der Waals surface area (Å²) in [4.78, 5) is 21.6. The Morgan fingerprint density at radius 3 is 2.46 bits per heavy atom. The molecule has 11 heteroatoms. The van der Waals surface area contributed by atoms with Gasteiger partial charge in [0.25, 0.3) is 5.91 Å². The summed E-state index contributed by atoms with van der Waals surface area (Å²) in [5, 5.41) is 3.88. The number of anilines is 1. The number of rotatable bonds is 7. The van der Waals surface area contributed by atoms with E-state index in [-0.39, 0.29) is 10.5 Å². The van der Waals surface area contributed by atoms with Gasteiger partial charge in [0.2, 0.25) is 0 Å². The number of aromatic nitrogens is 2. The first-order chi connectivity index (χ1) is 17.7. The third-order valence-corrected chi connectivity index (χ3v) is 7.58. The Labute approximate surface area is 216 Å². The molecule has 5 rings (SSSR count). The van der Waals surface area contributed by atoms with Crippen LogP contribution in [-0.4, -0.2) is 44.8 Å². The Bertz CT molecular complexity index is 1770. The lowest BCUT2D eigenvalue weighted by Crippen LogP contribution is -2.12. The molecule has 37 heavy (non-hydrogen) atoms. The van der Waals surface area contributed by atoms with Crippen molar-refractivity contribution in [2.45, 2.75) is 4.90 Å². The number of fused-ring (bicyclic) bond motifs is 2. The highest BCUT2D eigenvalue weighted by Gasteiger charge is 2.15. The molecule has 1 N–H and O–H groups in total. The van der Waals surface area contributed by atoms with E-state index in [4.69, 9.17) is 14.2 Å². The molecule has 0 aliphatic rings. The average Bonchev–Trinajstić information content (AvgIpc) is 3.29. The Hall–Kier alpha value is -4.22. The molecule has 0 aliphatic heterocycles. The van der Waals surface area contributed by atoms with E-state index in [0.29, 0.717) is 39.2 Å². The Balaban J connectivity index is 1.40. The van der Waals surface area contributed by atoms with Crippen LogP contribution in [0, 0.1) is 0 Å². The number of sulfone groups is 1. The van der Waals surface area contributed by atoms with E-state index in [1.807, 2.05) is 12.1 Å². The second kappa shape index (κ2) is 9.68. The van der Waals surface area contributed by atoms with Crippen LogP contribution in [0.15, 0.2) is 71.8 Å². The molecule has 0 bridgehead atoms. The van der Waals surface area contributed by atoms with Crippen molar-refractivity contribution in [1.29, 1.82) is 0 Å². The number of hydrogen-bond acceptors (Lipinski definition) is 9. The molecule has 0 aliphatic carbocycles. The molecular formula is C26H21N3O6S2. The molecule has 0 unspecified atom stereocenters. The van der Waals surface area contributed by atoms with Crippen LogP contribution in [0.25, 0.3) is 21.1 Å². The largest absolute Gasteiger partial charge is 0.493 e. The maximum absolute atomic E-state index is 12.7. The molecule has 3 aromatic carbocycles. The lowest BCUT2D eigenvalue weighted by molar-refractivity contribution is 0.102. The van der Waals surface area contributed by atoms with Crippen LogP contribution in [0.4, 0.5) is 5.13 Å². The maximum atomic E-state index is 12.7. The molecule has 0 spiro atoms. The molecule has 0 fully saturated rings. The normalized spacial score (nSPS) is 11.4. The summed E-state index contributed by atoms with van der Waals surface area (Å²) in [6, 6.07) is 16.7. The monoisotopic (exact) mass is 535 g/mol. The topological polar surface area (TPSA) is 117 Å². The van der Waals surface area contributed by atoms with Gasteiger partial charge in [-0.15, -0.1) is 0 Å². The van der Waals surface area contributed by atoms with Gasteiger partial charge >= 0.3 is 0 Å². The van der Waals surface area contributed by atoms with Gasteiger partial charge in [0.1, 0.15) is 11.5 Å². The van der Waals surface area contributed by atoms with Gasteiger partial charge in [-0.25, -0.2) is 13.4 Å². The van der Waals surface area contributed by atoms with Crippen molar-refractivity contribution >= 4 is 53.3 Å². The van der Waals surface area contributed by atoms with Gasteiger partial charge in [-0.3, -0.25) is 15.1 Å². The fraction of sp³-hybridized carbons (Fsp3) is 0.115. The Morgan fingerprint density at radius 1 is 0.919 bits per heavy atom. The fourth-order valence-corrected chi connectivity index (χ4v) is 5.28. The van der Waals surface area contributed by atoms with Crippen molar-refractivity contribution in [3.8, 4) is 23.0 Å². The molecule has 9 nitrogen and oxygen atoms in total. The number of pyridine rings is 1. The first kappa shape index (κ1) is 24.5. The van der Waals surface area contributed by atoms with Gasteiger partial charge < -0.3 is 14.2 Å². The minimum atomic E-state index is -3.43. The molecular weight excluding hydrogens is 514 g/mol. The third-order valence-electron chi connectivity index (χ3n) is 5.54. The van der Waals surface area contributed by atoms with Gasteiger partial charge in [0.05, 0.1) is 34.8 Å². The van der Waals surface area contributed by atoms with Crippen LogP contribution in [0.5, 0.6) is 23.0 Å². The van der Waals surface area contributed by atoms with Crippen molar-refractivity contribution in [3.63, 3.8) is 0 Å². The molecule has 2 aromatic heterocycles. The van der Waals surface area contributed by atoms with Crippen molar-refractivity contribution < 1.29 is 27.4 Å². The highest BCUT2D eigenvalue weighted by atomic mass is 32.2. The number of ether oxygens (including phenoxy) is 3. The van der Waals surface area contributed by atoms with E-state index in [2.05, 4.69) is 15.3 Å². The highest BCUT2D eigenvalue weighted by Crippen LogP contribution is 2.38. The van der Waals surface area contributed by atoms with E-state index in [1.54, 1.807) is 50.7 Å². The summed E-state index contributed by atoms with van der Waals surface area (Å²) in [6.45, 7) is 0. The molecule has 2 heterocycles. The average molecular weight is 536 g/mol. The van der Waals surface area contributed by atoms with Crippen LogP contribution in [0.1, 0.15) is 10.4 Å². The third kappa shape index (κ3) is 5.04. The lowest BCUT2D eigenvalue weighted by atomic mass is 10.2. The summed E-state index contributed by atoms with van der Waals surface area (Å²) in [5.74, 6) is 1.86. The molecule has 0 saturated heterocycles. The summed E-state index contributed by atoms with van der Waals surface area (Å²) in [5.41, 5.74) is 1.60. The molecule has 0 saturated carbocycles. The first-order valence-electron chi connectivity index (χ1n) is 11.0. The lowest BCUT2D eigenvalue weighted by Gasteiger charge is -2.12. The molecule has 0 atom stereocenters. The van der Waals surface area contributed by atoms with E-state index >= 15 is 0 Å². The van der Waals surface area contributed by atoms with Crippen molar-refractivity contribution in [2.24, 2.45) is 0 Å². The van der Waals surface area contributed by atoms with E-state index in [1.165, 1.54) is 29.5 Å². The second-order valence-electron chi connectivity index (χ2n) is 8.04. The number of methoxy groups -OCH3 is 2.